The van der Waals surface area contributed by atoms with Crippen LogP contribution >= 0.6 is 0 Å². The zero-order chi connectivity index (χ0) is 28.4. The summed E-state index contributed by atoms with van der Waals surface area (Å²) in [5.74, 6) is 2.10. The van der Waals surface area contributed by atoms with Gasteiger partial charge < -0.3 is 20.1 Å². The number of methoxy groups -OCH3 is 1. The summed E-state index contributed by atoms with van der Waals surface area (Å²) in [6.07, 6.45) is 10.5. The highest BCUT2D eigenvalue weighted by Gasteiger charge is 2.44. The normalized spacial score (nSPS) is 21.1. The predicted molar refractivity (Wildman–Crippen MR) is 153 cm³/mol. The first kappa shape index (κ1) is 26.5. The van der Waals surface area contributed by atoms with Gasteiger partial charge in [-0.05, 0) is 43.0 Å². The van der Waals surface area contributed by atoms with E-state index in [1.807, 2.05) is 36.7 Å². The van der Waals surface area contributed by atoms with Crippen molar-refractivity contribution in [2.45, 2.75) is 44.3 Å². The monoisotopic (exact) mass is 548 g/mol. The molecule has 2 unspecified atom stereocenters. The molecular formula is C31H32N8O2. The van der Waals surface area contributed by atoms with Crippen molar-refractivity contribution in [3.05, 3.63) is 66.4 Å². The molecule has 2 atom stereocenters. The number of pyridine rings is 3. The van der Waals surface area contributed by atoms with E-state index in [1.54, 1.807) is 13.3 Å². The molecule has 4 aliphatic rings. The molecule has 208 valence electrons. The number of ether oxygens (including phenoxy) is 2. The van der Waals surface area contributed by atoms with Gasteiger partial charge >= 0.3 is 0 Å². The summed E-state index contributed by atoms with van der Waals surface area (Å²) in [5.41, 5.74) is 8.77. The Morgan fingerprint density at radius 3 is 2.51 bits per heavy atom. The van der Waals surface area contributed by atoms with Gasteiger partial charge in [0.25, 0.3) is 0 Å². The first-order valence-corrected chi connectivity index (χ1v) is 13.9. The molecule has 0 radical (unpaired) electrons. The van der Waals surface area contributed by atoms with Crippen molar-refractivity contribution in [1.82, 2.24) is 19.9 Å². The number of anilines is 1. The summed E-state index contributed by atoms with van der Waals surface area (Å²) in [7, 11) is 1.63. The Bertz CT molecular complexity index is 1510. The first-order valence-electron chi connectivity index (χ1n) is 13.9. The van der Waals surface area contributed by atoms with Crippen LogP contribution in [0.3, 0.4) is 0 Å². The number of nitrogens with two attached hydrogens (primary N) is 1. The fourth-order valence-electron chi connectivity index (χ4n) is 5.94. The molecule has 3 aliphatic heterocycles. The standard InChI is InChI=1S/C31H32N8O2/c1-40-29-6-3-21(13-36-29)16-39-24-9-25(39)18-38(17-24)28-5-4-22(14-35-28)27-10-26(15-37-30(27)23(11-32)12-33)41-20-31(19-34)7-2-8-31/h3-6,10-11,13-15,24-25H,2,7-9,16-18,20,32H2,1H3/b23-11-. The lowest BCUT2D eigenvalue weighted by molar-refractivity contribution is -0.00876. The van der Waals surface area contributed by atoms with Crippen LogP contribution in [0.1, 0.15) is 36.9 Å². The Morgan fingerprint density at radius 1 is 1.10 bits per heavy atom. The van der Waals surface area contributed by atoms with Gasteiger partial charge in [0.2, 0.25) is 5.88 Å². The largest absolute Gasteiger partial charge is 0.490 e. The smallest absolute Gasteiger partial charge is 0.212 e. The van der Waals surface area contributed by atoms with E-state index in [0.717, 1.165) is 50.3 Å². The summed E-state index contributed by atoms with van der Waals surface area (Å²) in [6, 6.07) is 15.3. The fourth-order valence-corrected chi connectivity index (χ4v) is 5.94. The van der Waals surface area contributed by atoms with E-state index in [-0.39, 0.29) is 5.57 Å². The Balaban J connectivity index is 1.16. The Morgan fingerprint density at radius 2 is 1.93 bits per heavy atom. The summed E-state index contributed by atoms with van der Waals surface area (Å²) in [5, 5.41) is 19.2. The summed E-state index contributed by atoms with van der Waals surface area (Å²) in [6.45, 7) is 3.03. The first-order chi connectivity index (χ1) is 20.0. The average molecular weight is 549 g/mol. The Hall–Kier alpha value is -4.67. The van der Waals surface area contributed by atoms with Crippen molar-refractivity contribution in [3.63, 3.8) is 0 Å². The lowest BCUT2D eigenvalue weighted by Crippen LogP contribution is -2.68. The zero-order valence-corrected chi connectivity index (χ0v) is 23.0. The van der Waals surface area contributed by atoms with E-state index >= 15 is 0 Å². The number of allylic oxidation sites excluding steroid dienone is 1. The summed E-state index contributed by atoms with van der Waals surface area (Å²) in [4.78, 5) is 18.5. The van der Waals surface area contributed by atoms with Gasteiger partial charge in [0.1, 0.15) is 24.2 Å². The predicted octanol–water partition coefficient (Wildman–Crippen LogP) is 3.91. The van der Waals surface area contributed by atoms with Gasteiger partial charge in [0.05, 0.1) is 36.1 Å². The van der Waals surface area contributed by atoms with E-state index in [9.17, 15) is 10.5 Å². The van der Waals surface area contributed by atoms with E-state index < -0.39 is 5.41 Å². The second-order valence-corrected chi connectivity index (χ2v) is 11.0. The number of rotatable bonds is 9. The molecule has 4 fully saturated rings. The lowest BCUT2D eigenvalue weighted by Gasteiger charge is -2.56. The molecule has 0 aromatic carbocycles. The molecule has 0 amide bonds. The van der Waals surface area contributed by atoms with Gasteiger partial charge in [0, 0.05) is 67.5 Å². The van der Waals surface area contributed by atoms with Crippen molar-refractivity contribution in [2.75, 3.05) is 31.7 Å². The van der Waals surface area contributed by atoms with E-state index in [2.05, 4.69) is 38.0 Å². The van der Waals surface area contributed by atoms with Crippen LogP contribution in [0.25, 0.3) is 16.7 Å². The maximum atomic E-state index is 9.64. The topological polar surface area (TPSA) is 137 Å². The lowest BCUT2D eigenvalue weighted by atomic mass is 9.71. The highest BCUT2D eigenvalue weighted by Crippen LogP contribution is 2.41. The molecule has 3 saturated heterocycles. The number of hydrogen-bond donors (Lipinski definition) is 1. The van der Waals surface area contributed by atoms with Crippen LogP contribution in [0, 0.1) is 28.1 Å². The third-order valence-electron chi connectivity index (χ3n) is 8.57. The van der Waals surface area contributed by atoms with Gasteiger partial charge in [0.15, 0.2) is 0 Å². The van der Waals surface area contributed by atoms with Crippen LogP contribution in [0.5, 0.6) is 11.6 Å². The SMILES string of the molecule is COc1ccc(CN2C3CC2CN(c2ccc(-c4cc(OCC5(C#N)CCC5)cnc4/C(C#N)=C\N)cn2)C3)cn1. The Labute approximate surface area is 239 Å². The molecule has 2 N–H and O–H groups in total. The number of nitriles is 2. The van der Waals surface area contributed by atoms with Crippen molar-refractivity contribution in [1.29, 1.82) is 10.5 Å². The zero-order valence-electron chi connectivity index (χ0n) is 23.0. The molecule has 1 saturated carbocycles. The highest BCUT2D eigenvalue weighted by molar-refractivity contribution is 5.85. The minimum Gasteiger partial charge on any atom is -0.490 e. The second kappa shape index (κ2) is 11.1. The van der Waals surface area contributed by atoms with Gasteiger partial charge in [-0.3, -0.25) is 9.88 Å². The molecule has 3 aromatic rings. The molecule has 41 heavy (non-hydrogen) atoms. The number of piperidine rings is 1. The quantitative estimate of drug-likeness (QED) is 0.392. The average Bonchev–Trinajstić information content (AvgIpc) is 3.01. The summed E-state index contributed by atoms with van der Waals surface area (Å²) < 4.78 is 11.2. The third-order valence-corrected chi connectivity index (χ3v) is 8.57. The van der Waals surface area contributed by atoms with E-state index in [4.69, 9.17) is 20.2 Å². The number of piperazine rings is 1. The van der Waals surface area contributed by atoms with Crippen molar-refractivity contribution in [3.8, 4) is 34.9 Å². The molecule has 6 heterocycles. The molecule has 2 bridgehead atoms. The fraction of sp³-hybridized carbons (Fsp3) is 0.387. The minimum absolute atomic E-state index is 0.270. The summed E-state index contributed by atoms with van der Waals surface area (Å²) >= 11 is 0. The van der Waals surface area contributed by atoms with Gasteiger partial charge in [-0.1, -0.05) is 12.5 Å². The molecule has 10 heteroatoms. The molecule has 0 spiro atoms. The van der Waals surface area contributed by atoms with Gasteiger partial charge in [-0.25, -0.2) is 9.97 Å². The van der Waals surface area contributed by atoms with Crippen molar-refractivity contribution >= 4 is 11.4 Å². The molecule has 10 nitrogen and oxygen atoms in total. The van der Waals surface area contributed by atoms with Gasteiger partial charge in [-0.2, -0.15) is 10.5 Å². The van der Waals surface area contributed by atoms with Crippen LogP contribution in [0.15, 0.2) is 55.1 Å². The third kappa shape index (κ3) is 5.15. The number of fused-ring (bicyclic) bond motifs is 2. The number of nitrogens with zero attached hydrogens (tertiary/aromatic N) is 7. The van der Waals surface area contributed by atoms with Crippen LogP contribution in [-0.2, 0) is 6.54 Å². The maximum Gasteiger partial charge on any atom is 0.212 e. The molecule has 1 aliphatic carbocycles. The van der Waals surface area contributed by atoms with E-state index in [1.165, 1.54) is 18.2 Å². The van der Waals surface area contributed by atoms with Crippen LogP contribution in [0.4, 0.5) is 5.82 Å². The van der Waals surface area contributed by atoms with Crippen LogP contribution in [0.2, 0.25) is 0 Å². The van der Waals surface area contributed by atoms with Crippen LogP contribution < -0.4 is 20.1 Å². The molecular weight excluding hydrogens is 516 g/mol. The van der Waals surface area contributed by atoms with Crippen LogP contribution in [-0.4, -0.2) is 58.7 Å². The number of aromatic nitrogens is 3. The second-order valence-electron chi connectivity index (χ2n) is 11.0. The van der Waals surface area contributed by atoms with E-state index in [0.29, 0.717) is 41.6 Å². The molecule has 3 aromatic heterocycles. The number of hydrogen-bond acceptors (Lipinski definition) is 10. The molecule has 7 rings (SSSR count). The minimum atomic E-state index is -0.423. The Kier molecular flexibility index (Phi) is 7.17. The van der Waals surface area contributed by atoms with Gasteiger partial charge in [-0.15, -0.1) is 0 Å². The maximum absolute atomic E-state index is 9.64. The highest BCUT2D eigenvalue weighted by atomic mass is 16.5. The van der Waals surface area contributed by atoms with Crippen molar-refractivity contribution in [2.24, 2.45) is 11.1 Å². The van der Waals surface area contributed by atoms with Crippen molar-refractivity contribution < 1.29 is 9.47 Å².